The molecule has 0 aliphatic rings. The van der Waals surface area contributed by atoms with Crippen molar-refractivity contribution in [1.29, 1.82) is 0 Å². The highest BCUT2D eigenvalue weighted by atomic mass is 16.5. The van der Waals surface area contributed by atoms with E-state index in [4.69, 9.17) is 9.47 Å². The third-order valence-electron chi connectivity index (χ3n) is 3.78. The Morgan fingerprint density at radius 2 is 1.77 bits per heavy atom. The molecular formula is C19H28N2O5. The molecule has 0 spiro atoms. The number of methoxy groups -OCH3 is 2. The number of nitrogens with one attached hydrogen (secondary N) is 2. The van der Waals surface area contributed by atoms with Gasteiger partial charge >= 0.3 is 5.97 Å². The Bertz CT molecular complexity index is 630. The van der Waals surface area contributed by atoms with Crippen LogP contribution in [0.5, 0.6) is 5.75 Å². The average molecular weight is 364 g/mol. The molecule has 1 aromatic carbocycles. The van der Waals surface area contributed by atoms with Gasteiger partial charge in [0.2, 0.25) is 11.8 Å². The number of amides is 2. The topological polar surface area (TPSA) is 93.7 Å². The third-order valence-corrected chi connectivity index (χ3v) is 3.78. The van der Waals surface area contributed by atoms with Crippen LogP contribution in [0.3, 0.4) is 0 Å². The van der Waals surface area contributed by atoms with E-state index in [0.717, 1.165) is 5.56 Å². The molecule has 0 fully saturated rings. The highest BCUT2D eigenvalue weighted by Crippen LogP contribution is 2.15. The molecule has 0 saturated carbocycles. The highest BCUT2D eigenvalue weighted by Gasteiger charge is 2.27. The Morgan fingerprint density at radius 3 is 2.31 bits per heavy atom. The normalized spacial score (nSPS) is 12.8. The van der Waals surface area contributed by atoms with E-state index in [9.17, 15) is 14.4 Å². The van der Waals surface area contributed by atoms with Gasteiger partial charge in [0.25, 0.3) is 0 Å². The molecule has 1 aromatic rings. The van der Waals surface area contributed by atoms with Crippen molar-refractivity contribution < 1.29 is 23.9 Å². The SMILES string of the molecule is COC(=O)[C@@H](Cc1cccc(OC)c1)NC(=O)[C@H](CC(C)C)NC(C)=O. The van der Waals surface area contributed by atoms with Crippen molar-refractivity contribution in [2.45, 2.75) is 45.7 Å². The second-order valence-electron chi connectivity index (χ2n) is 6.52. The lowest BCUT2D eigenvalue weighted by molar-refractivity contribution is -0.145. The molecule has 2 amide bonds. The van der Waals surface area contributed by atoms with Gasteiger partial charge in [0.05, 0.1) is 14.2 Å². The maximum absolute atomic E-state index is 12.6. The van der Waals surface area contributed by atoms with Crippen LogP contribution in [0.4, 0.5) is 0 Å². The van der Waals surface area contributed by atoms with Crippen molar-refractivity contribution in [3.8, 4) is 5.75 Å². The van der Waals surface area contributed by atoms with Gasteiger partial charge in [0.1, 0.15) is 17.8 Å². The summed E-state index contributed by atoms with van der Waals surface area (Å²) >= 11 is 0. The van der Waals surface area contributed by atoms with Crippen molar-refractivity contribution in [1.82, 2.24) is 10.6 Å². The predicted octanol–water partition coefficient (Wildman–Crippen LogP) is 1.45. The minimum Gasteiger partial charge on any atom is -0.497 e. The average Bonchev–Trinajstić information content (AvgIpc) is 2.59. The molecule has 26 heavy (non-hydrogen) atoms. The first-order chi connectivity index (χ1) is 12.3. The van der Waals surface area contributed by atoms with Gasteiger partial charge in [-0.25, -0.2) is 4.79 Å². The van der Waals surface area contributed by atoms with Crippen molar-refractivity contribution in [3.05, 3.63) is 29.8 Å². The van der Waals surface area contributed by atoms with E-state index < -0.39 is 24.0 Å². The molecule has 0 saturated heterocycles. The van der Waals surface area contributed by atoms with Crippen LogP contribution in [0.1, 0.15) is 32.8 Å². The van der Waals surface area contributed by atoms with Gasteiger partial charge in [-0.3, -0.25) is 9.59 Å². The molecule has 1 rings (SSSR count). The summed E-state index contributed by atoms with van der Waals surface area (Å²) in [5, 5.41) is 5.33. The van der Waals surface area contributed by atoms with Gasteiger partial charge in [-0.2, -0.15) is 0 Å². The van der Waals surface area contributed by atoms with Crippen LogP contribution < -0.4 is 15.4 Å². The number of carbonyl (C=O) groups is 3. The first-order valence-electron chi connectivity index (χ1n) is 8.55. The van der Waals surface area contributed by atoms with E-state index in [-0.39, 0.29) is 18.2 Å². The van der Waals surface area contributed by atoms with Crippen LogP contribution in [-0.2, 0) is 25.5 Å². The molecule has 0 radical (unpaired) electrons. The number of carbonyl (C=O) groups excluding carboxylic acids is 3. The van der Waals surface area contributed by atoms with E-state index >= 15 is 0 Å². The zero-order valence-electron chi connectivity index (χ0n) is 16.0. The fourth-order valence-corrected chi connectivity index (χ4v) is 2.59. The van der Waals surface area contributed by atoms with Crippen LogP contribution in [0, 0.1) is 5.92 Å². The van der Waals surface area contributed by atoms with E-state index in [1.807, 2.05) is 26.0 Å². The zero-order chi connectivity index (χ0) is 19.7. The zero-order valence-corrected chi connectivity index (χ0v) is 16.0. The fourth-order valence-electron chi connectivity index (χ4n) is 2.59. The molecule has 2 N–H and O–H groups in total. The summed E-state index contributed by atoms with van der Waals surface area (Å²) in [5.74, 6) is -0.395. The molecule has 0 unspecified atom stereocenters. The number of benzene rings is 1. The Morgan fingerprint density at radius 1 is 1.08 bits per heavy atom. The summed E-state index contributed by atoms with van der Waals surface area (Å²) in [4.78, 5) is 36.1. The van der Waals surface area contributed by atoms with Crippen LogP contribution in [-0.4, -0.2) is 44.1 Å². The van der Waals surface area contributed by atoms with Crippen molar-refractivity contribution in [3.63, 3.8) is 0 Å². The van der Waals surface area contributed by atoms with Crippen LogP contribution >= 0.6 is 0 Å². The number of hydrogen-bond donors (Lipinski definition) is 2. The summed E-state index contributed by atoms with van der Waals surface area (Å²) in [6, 6.07) is 5.67. The quantitative estimate of drug-likeness (QED) is 0.647. The lowest BCUT2D eigenvalue weighted by Crippen LogP contribution is -2.52. The lowest BCUT2D eigenvalue weighted by atomic mass is 10.0. The number of ether oxygens (including phenoxy) is 2. The summed E-state index contributed by atoms with van der Waals surface area (Å²) < 4.78 is 9.99. The van der Waals surface area contributed by atoms with Gasteiger partial charge in [0.15, 0.2) is 0 Å². The van der Waals surface area contributed by atoms with Gasteiger partial charge < -0.3 is 20.1 Å². The minimum absolute atomic E-state index is 0.201. The second-order valence-corrected chi connectivity index (χ2v) is 6.52. The summed E-state index contributed by atoms with van der Waals surface area (Å²) in [5.41, 5.74) is 0.819. The van der Waals surface area contributed by atoms with Gasteiger partial charge in [-0.15, -0.1) is 0 Å². The number of rotatable bonds is 9. The fraction of sp³-hybridized carbons (Fsp3) is 0.526. The molecule has 0 aliphatic carbocycles. The van der Waals surface area contributed by atoms with Gasteiger partial charge in [-0.05, 0) is 30.0 Å². The predicted molar refractivity (Wildman–Crippen MR) is 97.7 cm³/mol. The number of esters is 1. The maximum atomic E-state index is 12.6. The van der Waals surface area contributed by atoms with Crippen LogP contribution in [0.25, 0.3) is 0 Å². The molecule has 0 heterocycles. The van der Waals surface area contributed by atoms with Crippen molar-refractivity contribution >= 4 is 17.8 Å². The lowest BCUT2D eigenvalue weighted by Gasteiger charge is -2.23. The summed E-state index contributed by atoms with van der Waals surface area (Å²) in [6.07, 6.45) is 0.725. The van der Waals surface area contributed by atoms with E-state index in [1.54, 1.807) is 19.2 Å². The Labute approximate surface area is 154 Å². The van der Waals surface area contributed by atoms with Crippen molar-refractivity contribution in [2.24, 2.45) is 5.92 Å². The second kappa shape index (κ2) is 10.4. The molecule has 0 bridgehead atoms. The molecule has 0 aliphatic heterocycles. The van der Waals surface area contributed by atoms with E-state index in [2.05, 4.69) is 10.6 Å². The monoisotopic (exact) mass is 364 g/mol. The Hall–Kier alpha value is -2.57. The van der Waals surface area contributed by atoms with Gasteiger partial charge in [-0.1, -0.05) is 26.0 Å². The molecule has 2 atom stereocenters. The summed E-state index contributed by atoms with van der Waals surface area (Å²) in [6.45, 7) is 5.26. The molecule has 0 aromatic heterocycles. The first kappa shape index (κ1) is 21.5. The van der Waals surface area contributed by atoms with Crippen molar-refractivity contribution in [2.75, 3.05) is 14.2 Å². The first-order valence-corrected chi connectivity index (χ1v) is 8.55. The third kappa shape index (κ3) is 7.13. The van der Waals surface area contributed by atoms with E-state index in [1.165, 1.54) is 14.0 Å². The number of hydrogen-bond acceptors (Lipinski definition) is 5. The molecular weight excluding hydrogens is 336 g/mol. The molecule has 144 valence electrons. The minimum atomic E-state index is -0.858. The Balaban J connectivity index is 2.92. The largest absolute Gasteiger partial charge is 0.497 e. The van der Waals surface area contributed by atoms with Crippen LogP contribution in [0.15, 0.2) is 24.3 Å². The standard InChI is InChI=1S/C19H28N2O5/c1-12(2)9-16(20-13(3)22)18(23)21-17(19(24)26-5)11-14-7-6-8-15(10-14)25-4/h6-8,10,12,16-17H,9,11H2,1-5H3,(H,20,22)(H,21,23)/t16-,17+/m0/s1. The smallest absolute Gasteiger partial charge is 0.328 e. The van der Waals surface area contributed by atoms with E-state index in [0.29, 0.717) is 12.2 Å². The Kier molecular flexibility index (Phi) is 8.61. The summed E-state index contributed by atoms with van der Waals surface area (Å²) in [7, 11) is 2.83. The van der Waals surface area contributed by atoms with Gasteiger partial charge in [0, 0.05) is 13.3 Å². The maximum Gasteiger partial charge on any atom is 0.328 e. The molecule has 7 heteroatoms. The highest BCUT2D eigenvalue weighted by molar-refractivity contribution is 5.90. The molecule has 7 nitrogen and oxygen atoms in total. The van der Waals surface area contributed by atoms with Crippen LogP contribution in [0.2, 0.25) is 0 Å².